The van der Waals surface area contributed by atoms with Gasteiger partial charge in [0.25, 0.3) is 0 Å². The van der Waals surface area contributed by atoms with Crippen LogP contribution in [0.3, 0.4) is 0 Å². The molecular formula is C19H23NO2S. The van der Waals surface area contributed by atoms with Gasteiger partial charge in [0.2, 0.25) is 5.91 Å². The third-order valence-corrected chi connectivity index (χ3v) is 7.16. The number of benzene rings is 1. The van der Waals surface area contributed by atoms with Crippen LogP contribution in [-0.2, 0) is 15.6 Å². The lowest BCUT2D eigenvalue weighted by atomic mass is 9.76. The van der Waals surface area contributed by atoms with Crippen LogP contribution in [-0.4, -0.2) is 21.6 Å². The highest BCUT2D eigenvalue weighted by atomic mass is 32.2. The number of hydrogen-bond donors (Lipinski definition) is 0. The molecule has 1 aromatic carbocycles. The van der Waals surface area contributed by atoms with Gasteiger partial charge in [0.1, 0.15) is 0 Å². The normalized spacial score (nSPS) is 28.6. The number of amides is 1. The maximum Gasteiger partial charge on any atom is 0.230 e. The number of carbonyl (C=O) groups excluding carboxylic acids is 1. The topological polar surface area (TPSA) is 37.4 Å². The van der Waals surface area contributed by atoms with Crippen LogP contribution in [0.15, 0.2) is 39.8 Å². The molecule has 3 aliphatic rings. The Hall–Kier alpha value is -1.42. The van der Waals surface area contributed by atoms with Crippen molar-refractivity contribution in [3.05, 3.63) is 40.4 Å². The van der Waals surface area contributed by atoms with Gasteiger partial charge in [-0.05, 0) is 44.7 Å². The summed E-state index contributed by atoms with van der Waals surface area (Å²) in [4.78, 5) is 16.7. The maximum atomic E-state index is 13.3. The standard InChI is InChI=1S/C19H23NO2S/c1-13-8-10-14(11-9-13)23(22)18-15-5-2-3-6-16(15)19(21)20-12-4-7-17(18)20/h8-11,15-16H,2-7,12H2,1H3/t15-,16-,23?/m1/s1. The van der Waals surface area contributed by atoms with E-state index in [1.54, 1.807) is 0 Å². The smallest absolute Gasteiger partial charge is 0.230 e. The summed E-state index contributed by atoms with van der Waals surface area (Å²) in [5.41, 5.74) is 2.26. The van der Waals surface area contributed by atoms with E-state index < -0.39 is 10.8 Å². The first-order chi connectivity index (χ1) is 11.2. The van der Waals surface area contributed by atoms with E-state index in [1.165, 1.54) is 5.56 Å². The van der Waals surface area contributed by atoms with Crippen LogP contribution in [0.4, 0.5) is 0 Å². The van der Waals surface area contributed by atoms with Crippen molar-refractivity contribution in [1.82, 2.24) is 4.90 Å². The van der Waals surface area contributed by atoms with E-state index in [9.17, 15) is 9.00 Å². The number of nitrogens with zero attached hydrogens (tertiary/aromatic N) is 1. The highest BCUT2D eigenvalue weighted by molar-refractivity contribution is 7.89. The molecular weight excluding hydrogens is 306 g/mol. The average molecular weight is 329 g/mol. The van der Waals surface area contributed by atoms with Crippen molar-refractivity contribution in [3.63, 3.8) is 0 Å². The molecule has 0 spiro atoms. The van der Waals surface area contributed by atoms with Crippen molar-refractivity contribution in [1.29, 1.82) is 0 Å². The molecule has 4 heteroatoms. The molecule has 0 aromatic heterocycles. The summed E-state index contributed by atoms with van der Waals surface area (Å²) < 4.78 is 13.3. The van der Waals surface area contributed by atoms with Crippen molar-refractivity contribution in [2.24, 2.45) is 11.8 Å². The van der Waals surface area contributed by atoms with Gasteiger partial charge < -0.3 is 4.90 Å². The minimum absolute atomic E-state index is 0.0648. The zero-order valence-electron chi connectivity index (χ0n) is 13.6. The Morgan fingerprint density at radius 1 is 1.04 bits per heavy atom. The van der Waals surface area contributed by atoms with Gasteiger partial charge in [0.05, 0.1) is 10.8 Å². The summed E-state index contributed by atoms with van der Waals surface area (Å²) in [6.45, 7) is 2.86. The van der Waals surface area contributed by atoms with Gasteiger partial charge in [-0.25, -0.2) is 4.21 Å². The SMILES string of the molecule is Cc1ccc(S(=O)C2=C3CCCN3C(=O)[C@@H]3CCCC[C@@H]23)cc1. The van der Waals surface area contributed by atoms with E-state index >= 15 is 0 Å². The fourth-order valence-corrected chi connectivity index (χ4v) is 5.98. The summed E-state index contributed by atoms with van der Waals surface area (Å²) in [5.74, 6) is 0.560. The minimum atomic E-state index is -1.14. The highest BCUT2D eigenvalue weighted by Crippen LogP contribution is 2.47. The van der Waals surface area contributed by atoms with E-state index in [4.69, 9.17) is 0 Å². The maximum absolute atomic E-state index is 13.3. The summed E-state index contributed by atoms with van der Waals surface area (Å²) in [6, 6.07) is 8.01. The van der Waals surface area contributed by atoms with Gasteiger partial charge in [-0.15, -0.1) is 0 Å². The third kappa shape index (κ3) is 2.47. The molecule has 0 N–H and O–H groups in total. The van der Waals surface area contributed by atoms with Crippen LogP contribution in [0.25, 0.3) is 0 Å². The number of allylic oxidation sites excluding steroid dienone is 2. The molecule has 1 saturated heterocycles. The lowest BCUT2D eigenvalue weighted by Gasteiger charge is -2.40. The van der Waals surface area contributed by atoms with Gasteiger partial charge >= 0.3 is 0 Å². The second-order valence-corrected chi connectivity index (χ2v) is 8.43. The summed E-state index contributed by atoms with van der Waals surface area (Å²) in [6.07, 6.45) is 6.16. The third-order valence-electron chi connectivity index (χ3n) is 5.53. The molecule has 4 rings (SSSR count). The van der Waals surface area contributed by atoms with Crippen molar-refractivity contribution in [3.8, 4) is 0 Å². The van der Waals surface area contributed by atoms with Gasteiger partial charge in [-0.2, -0.15) is 0 Å². The van der Waals surface area contributed by atoms with Crippen LogP contribution in [0, 0.1) is 18.8 Å². The first kappa shape index (κ1) is 15.1. The molecule has 1 saturated carbocycles. The van der Waals surface area contributed by atoms with E-state index in [0.717, 1.165) is 60.6 Å². The summed E-state index contributed by atoms with van der Waals surface area (Å²) >= 11 is 0. The molecule has 2 fully saturated rings. The number of rotatable bonds is 2. The largest absolute Gasteiger partial charge is 0.315 e. The molecule has 3 nitrogen and oxygen atoms in total. The monoisotopic (exact) mass is 329 g/mol. The zero-order valence-corrected chi connectivity index (χ0v) is 14.4. The lowest BCUT2D eigenvalue weighted by Crippen LogP contribution is -2.44. The Labute approximate surface area is 140 Å². The van der Waals surface area contributed by atoms with Crippen molar-refractivity contribution >= 4 is 16.7 Å². The van der Waals surface area contributed by atoms with Crippen molar-refractivity contribution < 1.29 is 9.00 Å². The Morgan fingerprint density at radius 2 is 1.74 bits per heavy atom. The number of aryl methyl sites for hydroxylation is 1. The predicted octanol–water partition coefficient (Wildman–Crippen LogP) is 3.76. The van der Waals surface area contributed by atoms with E-state index in [2.05, 4.69) is 0 Å². The molecule has 0 radical (unpaired) electrons. The Balaban J connectivity index is 1.79. The number of carbonyl (C=O) groups is 1. The minimum Gasteiger partial charge on any atom is -0.315 e. The predicted molar refractivity (Wildman–Crippen MR) is 91.0 cm³/mol. The molecule has 0 bridgehead atoms. The molecule has 3 atom stereocenters. The molecule has 1 amide bonds. The average Bonchev–Trinajstić information content (AvgIpc) is 3.05. The molecule has 1 aromatic rings. The molecule has 1 unspecified atom stereocenters. The van der Waals surface area contributed by atoms with Gasteiger partial charge in [0.15, 0.2) is 0 Å². The molecule has 122 valence electrons. The van der Waals surface area contributed by atoms with Crippen molar-refractivity contribution in [2.45, 2.75) is 50.3 Å². The number of fused-ring (bicyclic) bond motifs is 2. The van der Waals surface area contributed by atoms with Crippen molar-refractivity contribution in [2.75, 3.05) is 6.54 Å². The summed E-state index contributed by atoms with van der Waals surface area (Å²) in [7, 11) is -1.14. The van der Waals surface area contributed by atoms with Crippen LogP contribution < -0.4 is 0 Å². The zero-order chi connectivity index (χ0) is 16.0. The quantitative estimate of drug-likeness (QED) is 0.828. The Kier molecular flexibility index (Phi) is 3.88. The molecule has 2 aliphatic heterocycles. The van der Waals surface area contributed by atoms with Crippen LogP contribution >= 0.6 is 0 Å². The van der Waals surface area contributed by atoms with E-state index in [1.807, 2.05) is 36.1 Å². The highest BCUT2D eigenvalue weighted by Gasteiger charge is 2.46. The van der Waals surface area contributed by atoms with E-state index in [0.29, 0.717) is 5.91 Å². The first-order valence-electron chi connectivity index (χ1n) is 8.69. The Bertz CT molecular complexity index is 692. The molecule has 1 aliphatic carbocycles. The van der Waals surface area contributed by atoms with Crippen LogP contribution in [0.5, 0.6) is 0 Å². The lowest BCUT2D eigenvalue weighted by molar-refractivity contribution is -0.136. The molecule has 2 heterocycles. The number of hydrogen-bond acceptors (Lipinski definition) is 2. The Morgan fingerprint density at radius 3 is 2.48 bits per heavy atom. The summed E-state index contributed by atoms with van der Waals surface area (Å²) in [5, 5.41) is 0. The van der Waals surface area contributed by atoms with Gasteiger partial charge in [-0.1, -0.05) is 30.5 Å². The fourth-order valence-electron chi connectivity index (χ4n) is 4.36. The first-order valence-corrected chi connectivity index (χ1v) is 9.84. The second kappa shape index (κ2) is 5.90. The van der Waals surface area contributed by atoms with Gasteiger partial charge in [-0.3, -0.25) is 4.79 Å². The second-order valence-electron chi connectivity index (χ2n) is 6.98. The van der Waals surface area contributed by atoms with E-state index in [-0.39, 0.29) is 11.8 Å². The van der Waals surface area contributed by atoms with Gasteiger partial charge in [0, 0.05) is 33.9 Å². The molecule has 23 heavy (non-hydrogen) atoms. The van der Waals surface area contributed by atoms with Crippen LogP contribution in [0.2, 0.25) is 0 Å². The van der Waals surface area contributed by atoms with Crippen LogP contribution in [0.1, 0.15) is 44.1 Å². The fraction of sp³-hybridized carbons (Fsp3) is 0.526.